The molecule has 2 N–H and O–H groups in total. The summed E-state index contributed by atoms with van der Waals surface area (Å²) in [6, 6.07) is 8.80. The van der Waals surface area contributed by atoms with Crippen LogP contribution in [-0.2, 0) is 4.79 Å². The standard InChI is InChI=1S/C19H15ClFNO4/c1-9(19(25)26)15-10(2)22(13-6-7-14(23)17(21)16(13)15)18(24)11-4-3-5-12(20)8-11/h3-9,23H,1-2H3,(H,25,26)/t9-/m1/s1. The summed E-state index contributed by atoms with van der Waals surface area (Å²) in [7, 11) is 0. The summed E-state index contributed by atoms with van der Waals surface area (Å²) in [6.07, 6.45) is 0. The number of fused-ring (bicyclic) bond motifs is 1. The first-order valence-electron chi connectivity index (χ1n) is 7.79. The van der Waals surface area contributed by atoms with E-state index in [1.807, 2.05) is 0 Å². The van der Waals surface area contributed by atoms with Gasteiger partial charge in [0.25, 0.3) is 5.91 Å². The van der Waals surface area contributed by atoms with Gasteiger partial charge in [-0.25, -0.2) is 4.39 Å². The maximum atomic E-state index is 14.6. The van der Waals surface area contributed by atoms with Crippen LogP contribution in [0.4, 0.5) is 4.39 Å². The Morgan fingerprint density at radius 3 is 2.54 bits per heavy atom. The van der Waals surface area contributed by atoms with E-state index in [1.165, 1.54) is 23.6 Å². The van der Waals surface area contributed by atoms with E-state index < -0.39 is 29.4 Å². The van der Waals surface area contributed by atoms with Gasteiger partial charge in [-0.15, -0.1) is 0 Å². The van der Waals surface area contributed by atoms with Gasteiger partial charge in [0.05, 0.1) is 11.4 Å². The van der Waals surface area contributed by atoms with Gasteiger partial charge < -0.3 is 10.2 Å². The second-order valence-corrected chi connectivity index (χ2v) is 6.44. The molecule has 0 fully saturated rings. The average Bonchev–Trinajstić information content (AvgIpc) is 2.89. The second-order valence-electron chi connectivity index (χ2n) is 6.00. The molecule has 0 aliphatic rings. The van der Waals surface area contributed by atoms with Crippen LogP contribution < -0.4 is 0 Å². The lowest BCUT2D eigenvalue weighted by Crippen LogP contribution is -2.15. The number of carboxylic acids is 1. The molecule has 3 aromatic rings. The molecule has 0 bridgehead atoms. The molecule has 5 nitrogen and oxygen atoms in total. The van der Waals surface area contributed by atoms with E-state index in [1.54, 1.807) is 25.1 Å². The molecule has 1 atom stereocenters. The smallest absolute Gasteiger partial charge is 0.310 e. The normalized spacial score (nSPS) is 12.3. The van der Waals surface area contributed by atoms with Gasteiger partial charge in [0.2, 0.25) is 0 Å². The predicted octanol–water partition coefficient (Wildman–Crippen LogP) is 4.32. The van der Waals surface area contributed by atoms with Gasteiger partial charge in [-0.3, -0.25) is 14.2 Å². The Hall–Kier alpha value is -2.86. The maximum Gasteiger partial charge on any atom is 0.310 e. The molecule has 134 valence electrons. The molecule has 0 saturated carbocycles. The van der Waals surface area contributed by atoms with E-state index in [4.69, 9.17) is 11.6 Å². The van der Waals surface area contributed by atoms with Crippen LogP contribution in [0.2, 0.25) is 5.02 Å². The number of hydrogen-bond acceptors (Lipinski definition) is 3. The van der Waals surface area contributed by atoms with E-state index in [-0.39, 0.29) is 22.0 Å². The van der Waals surface area contributed by atoms with Crippen LogP contribution in [-0.4, -0.2) is 26.7 Å². The molecule has 1 aromatic heterocycles. The first-order valence-corrected chi connectivity index (χ1v) is 8.17. The van der Waals surface area contributed by atoms with Crippen molar-refractivity contribution in [1.29, 1.82) is 0 Å². The van der Waals surface area contributed by atoms with E-state index in [0.717, 1.165) is 6.07 Å². The van der Waals surface area contributed by atoms with Crippen LogP contribution in [0, 0.1) is 12.7 Å². The number of carbonyl (C=O) groups excluding carboxylic acids is 1. The van der Waals surface area contributed by atoms with Gasteiger partial charge in [-0.1, -0.05) is 17.7 Å². The molecule has 2 aromatic carbocycles. The molecule has 1 heterocycles. The van der Waals surface area contributed by atoms with E-state index in [2.05, 4.69) is 0 Å². The fraction of sp³-hybridized carbons (Fsp3) is 0.158. The van der Waals surface area contributed by atoms with Crippen LogP contribution in [0.15, 0.2) is 36.4 Å². The number of phenols is 1. The van der Waals surface area contributed by atoms with Crippen molar-refractivity contribution in [3.05, 3.63) is 64.1 Å². The fourth-order valence-electron chi connectivity index (χ4n) is 3.15. The number of aromatic hydroxyl groups is 1. The van der Waals surface area contributed by atoms with Gasteiger partial charge in [-0.05, 0) is 49.7 Å². The Bertz CT molecular complexity index is 1060. The molecule has 7 heteroatoms. The van der Waals surface area contributed by atoms with E-state index in [0.29, 0.717) is 10.7 Å². The van der Waals surface area contributed by atoms with Crippen LogP contribution in [0.1, 0.15) is 34.5 Å². The molecular weight excluding hydrogens is 361 g/mol. The third kappa shape index (κ3) is 2.72. The summed E-state index contributed by atoms with van der Waals surface area (Å²) >= 11 is 5.95. The van der Waals surface area contributed by atoms with Crippen LogP contribution >= 0.6 is 11.6 Å². The molecule has 0 unspecified atom stereocenters. The number of carbonyl (C=O) groups is 2. The van der Waals surface area contributed by atoms with Crippen molar-refractivity contribution in [2.45, 2.75) is 19.8 Å². The number of benzene rings is 2. The number of carboxylic acid groups (broad SMARTS) is 1. The van der Waals surface area contributed by atoms with Crippen molar-refractivity contribution in [3.8, 4) is 5.75 Å². The van der Waals surface area contributed by atoms with Gasteiger partial charge in [0, 0.05) is 21.7 Å². The summed E-state index contributed by atoms with van der Waals surface area (Å²) in [4.78, 5) is 24.5. The van der Waals surface area contributed by atoms with Crippen molar-refractivity contribution >= 4 is 34.4 Å². The SMILES string of the molecule is Cc1c([C@@H](C)C(=O)O)c2c(F)c(O)ccc2n1C(=O)c1cccc(Cl)c1. The Labute approximate surface area is 153 Å². The second kappa shape index (κ2) is 6.46. The molecule has 0 saturated heterocycles. The Morgan fingerprint density at radius 1 is 1.23 bits per heavy atom. The first-order chi connectivity index (χ1) is 12.2. The quantitative estimate of drug-likeness (QED) is 0.714. The highest BCUT2D eigenvalue weighted by Crippen LogP contribution is 2.37. The monoisotopic (exact) mass is 375 g/mol. The van der Waals surface area contributed by atoms with Gasteiger partial charge >= 0.3 is 5.97 Å². The van der Waals surface area contributed by atoms with Crippen molar-refractivity contribution in [3.63, 3.8) is 0 Å². The maximum absolute atomic E-state index is 14.6. The molecule has 0 radical (unpaired) electrons. The zero-order valence-electron chi connectivity index (χ0n) is 14.0. The Kier molecular flexibility index (Phi) is 4.46. The topological polar surface area (TPSA) is 79.5 Å². The number of rotatable bonds is 3. The number of aliphatic carboxylic acids is 1. The highest BCUT2D eigenvalue weighted by Gasteiger charge is 2.29. The number of aromatic nitrogens is 1. The lowest BCUT2D eigenvalue weighted by Gasteiger charge is -2.09. The molecule has 0 amide bonds. The van der Waals surface area contributed by atoms with Gasteiger partial charge in [0.1, 0.15) is 0 Å². The number of phenolic OH excluding ortho intramolecular Hbond substituents is 1. The van der Waals surface area contributed by atoms with Crippen molar-refractivity contribution in [1.82, 2.24) is 4.57 Å². The molecule has 3 rings (SSSR count). The Morgan fingerprint density at radius 2 is 1.92 bits per heavy atom. The summed E-state index contributed by atoms with van der Waals surface area (Å²) in [5, 5.41) is 19.4. The van der Waals surface area contributed by atoms with Crippen LogP contribution in [0.25, 0.3) is 10.9 Å². The summed E-state index contributed by atoms with van der Waals surface area (Å²) in [6.45, 7) is 2.95. The lowest BCUT2D eigenvalue weighted by atomic mass is 9.97. The average molecular weight is 376 g/mol. The number of halogens is 2. The molecular formula is C19H15ClFNO4. The zero-order valence-corrected chi connectivity index (χ0v) is 14.7. The molecule has 0 aliphatic heterocycles. The third-order valence-corrected chi connectivity index (χ3v) is 4.65. The summed E-state index contributed by atoms with van der Waals surface area (Å²) in [5.74, 6) is -4.26. The lowest BCUT2D eigenvalue weighted by molar-refractivity contribution is -0.138. The minimum atomic E-state index is -1.16. The van der Waals surface area contributed by atoms with Crippen LogP contribution in [0.3, 0.4) is 0 Å². The summed E-state index contributed by atoms with van der Waals surface area (Å²) in [5.41, 5.74) is 0.909. The van der Waals surface area contributed by atoms with Crippen molar-refractivity contribution in [2.75, 3.05) is 0 Å². The third-order valence-electron chi connectivity index (χ3n) is 4.41. The fourth-order valence-corrected chi connectivity index (χ4v) is 3.34. The van der Waals surface area contributed by atoms with Crippen LogP contribution in [0.5, 0.6) is 5.75 Å². The predicted molar refractivity (Wildman–Crippen MR) is 95.5 cm³/mol. The molecule has 26 heavy (non-hydrogen) atoms. The van der Waals surface area contributed by atoms with E-state index >= 15 is 0 Å². The largest absolute Gasteiger partial charge is 0.505 e. The highest BCUT2D eigenvalue weighted by atomic mass is 35.5. The number of hydrogen-bond donors (Lipinski definition) is 2. The first kappa shape index (κ1) is 17.9. The minimum absolute atomic E-state index is 0.0761. The highest BCUT2D eigenvalue weighted by molar-refractivity contribution is 6.31. The number of nitrogens with zero attached hydrogens (tertiary/aromatic N) is 1. The van der Waals surface area contributed by atoms with Crippen molar-refractivity contribution in [2.24, 2.45) is 0 Å². The molecule has 0 aliphatic carbocycles. The summed E-state index contributed by atoms with van der Waals surface area (Å²) < 4.78 is 15.9. The van der Waals surface area contributed by atoms with Crippen molar-refractivity contribution < 1.29 is 24.2 Å². The van der Waals surface area contributed by atoms with E-state index in [9.17, 15) is 24.2 Å². The molecule has 0 spiro atoms. The van der Waals surface area contributed by atoms with Gasteiger partial charge in [0.15, 0.2) is 11.6 Å². The zero-order chi connectivity index (χ0) is 19.2. The Balaban J connectivity index is 2.37. The minimum Gasteiger partial charge on any atom is -0.505 e. The van der Waals surface area contributed by atoms with Gasteiger partial charge in [-0.2, -0.15) is 0 Å².